The van der Waals surface area contributed by atoms with Gasteiger partial charge < -0.3 is 15.8 Å². The first kappa shape index (κ1) is 17.2. The number of nitrogens with one attached hydrogen (secondary N) is 1. The third-order valence-corrected chi connectivity index (χ3v) is 3.52. The topological polar surface area (TPSA) is 64.4 Å². The Kier molecular flexibility index (Phi) is 6.68. The summed E-state index contributed by atoms with van der Waals surface area (Å²) in [7, 11) is 0. The highest BCUT2D eigenvalue weighted by Gasteiger charge is 2.29. The molecule has 1 aromatic rings. The molecule has 0 bridgehead atoms. The van der Waals surface area contributed by atoms with E-state index in [2.05, 4.69) is 5.32 Å². The number of ether oxygens (including phenoxy) is 1. The van der Waals surface area contributed by atoms with Gasteiger partial charge in [-0.05, 0) is 25.0 Å². The minimum Gasteiger partial charge on any atom is -0.364 e. The monoisotopic (exact) mass is 322 g/mol. The Morgan fingerprint density at radius 3 is 2.85 bits per heavy atom. The van der Waals surface area contributed by atoms with Crippen molar-refractivity contribution in [2.24, 2.45) is 5.73 Å². The molecule has 20 heavy (non-hydrogen) atoms. The third kappa shape index (κ3) is 4.06. The Morgan fingerprint density at radius 2 is 2.25 bits per heavy atom. The van der Waals surface area contributed by atoms with Gasteiger partial charge in [0.15, 0.2) is 0 Å². The van der Waals surface area contributed by atoms with Crippen LogP contribution in [0.1, 0.15) is 18.4 Å². The largest absolute Gasteiger partial charge is 0.364 e. The zero-order chi connectivity index (χ0) is 13.8. The van der Waals surface area contributed by atoms with Crippen LogP contribution < -0.4 is 11.1 Å². The Morgan fingerprint density at radius 1 is 1.50 bits per heavy atom. The van der Waals surface area contributed by atoms with Crippen molar-refractivity contribution in [2.45, 2.75) is 31.6 Å². The summed E-state index contributed by atoms with van der Waals surface area (Å²) in [6.45, 7) is 0.459. The van der Waals surface area contributed by atoms with Gasteiger partial charge in [0.2, 0.25) is 5.91 Å². The zero-order valence-corrected chi connectivity index (χ0v) is 12.3. The van der Waals surface area contributed by atoms with Gasteiger partial charge in [-0.2, -0.15) is 0 Å². The highest BCUT2D eigenvalue weighted by molar-refractivity contribution is 6.31. The first-order chi connectivity index (χ1) is 9.11. The lowest BCUT2D eigenvalue weighted by atomic mass is 10.1. The van der Waals surface area contributed by atoms with E-state index in [0.717, 1.165) is 6.42 Å². The SMILES string of the molecule is Cl.NC[C@H]1CC[C@@H](C(=O)NCc2c(F)cccc2Cl)O1. The molecule has 0 radical (unpaired) electrons. The molecule has 1 fully saturated rings. The molecule has 3 N–H and O–H groups in total. The molecule has 7 heteroatoms. The van der Waals surface area contributed by atoms with Crippen molar-refractivity contribution in [1.29, 1.82) is 0 Å². The van der Waals surface area contributed by atoms with Crippen molar-refractivity contribution < 1.29 is 13.9 Å². The second-order valence-electron chi connectivity index (χ2n) is 4.48. The van der Waals surface area contributed by atoms with E-state index in [0.29, 0.717) is 18.0 Å². The molecular formula is C13H17Cl2FN2O2. The first-order valence-electron chi connectivity index (χ1n) is 6.18. The van der Waals surface area contributed by atoms with Gasteiger partial charge in [0, 0.05) is 23.7 Å². The Balaban J connectivity index is 0.00000200. The molecule has 4 nitrogen and oxygen atoms in total. The summed E-state index contributed by atoms with van der Waals surface area (Å²) in [5, 5.41) is 2.94. The molecule has 0 spiro atoms. The summed E-state index contributed by atoms with van der Waals surface area (Å²) in [5.74, 6) is -0.685. The summed E-state index contributed by atoms with van der Waals surface area (Å²) < 4.78 is 19.0. The molecule has 2 rings (SSSR count). The number of hydrogen-bond donors (Lipinski definition) is 2. The number of carbonyl (C=O) groups is 1. The Hall–Kier alpha value is -0.880. The third-order valence-electron chi connectivity index (χ3n) is 3.16. The van der Waals surface area contributed by atoms with E-state index in [1.54, 1.807) is 6.07 Å². The number of nitrogens with two attached hydrogens (primary N) is 1. The van der Waals surface area contributed by atoms with Gasteiger partial charge in [-0.15, -0.1) is 12.4 Å². The van der Waals surface area contributed by atoms with E-state index in [-0.39, 0.29) is 36.5 Å². The molecule has 1 heterocycles. The smallest absolute Gasteiger partial charge is 0.249 e. The van der Waals surface area contributed by atoms with Crippen LogP contribution in [0.4, 0.5) is 4.39 Å². The summed E-state index contributed by atoms with van der Waals surface area (Å²) in [6, 6.07) is 4.42. The lowest BCUT2D eigenvalue weighted by Crippen LogP contribution is -2.35. The van der Waals surface area contributed by atoms with Crippen molar-refractivity contribution in [3.63, 3.8) is 0 Å². The van der Waals surface area contributed by atoms with Crippen LogP contribution in [0.25, 0.3) is 0 Å². The van der Waals surface area contributed by atoms with E-state index in [9.17, 15) is 9.18 Å². The number of hydrogen-bond acceptors (Lipinski definition) is 3. The van der Waals surface area contributed by atoms with Crippen LogP contribution in [0.5, 0.6) is 0 Å². The second kappa shape index (κ2) is 7.78. The molecule has 0 aromatic heterocycles. The quantitative estimate of drug-likeness (QED) is 0.891. The summed E-state index contributed by atoms with van der Waals surface area (Å²) >= 11 is 5.88. The van der Waals surface area contributed by atoms with Gasteiger partial charge in [0.25, 0.3) is 0 Å². The van der Waals surface area contributed by atoms with Crippen LogP contribution in [0.3, 0.4) is 0 Å². The van der Waals surface area contributed by atoms with Crippen molar-refractivity contribution in [2.75, 3.05) is 6.54 Å². The molecule has 1 saturated heterocycles. The molecule has 0 aliphatic carbocycles. The van der Waals surface area contributed by atoms with Crippen LogP contribution in [0.2, 0.25) is 5.02 Å². The van der Waals surface area contributed by atoms with Crippen LogP contribution in [-0.4, -0.2) is 24.7 Å². The van der Waals surface area contributed by atoms with E-state index in [1.165, 1.54) is 12.1 Å². The van der Waals surface area contributed by atoms with Crippen molar-refractivity contribution in [3.05, 3.63) is 34.6 Å². The molecular weight excluding hydrogens is 306 g/mol. The van der Waals surface area contributed by atoms with E-state index in [1.807, 2.05) is 0 Å². The molecule has 2 atom stereocenters. The zero-order valence-electron chi connectivity index (χ0n) is 10.8. The van der Waals surface area contributed by atoms with Crippen LogP contribution >= 0.6 is 24.0 Å². The van der Waals surface area contributed by atoms with E-state index < -0.39 is 11.9 Å². The van der Waals surface area contributed by atoms with Gasteiger partial charge >= 0.3 is 0 Å². The maximum atomic E-state index is 13.5. The average Bonchev–Trinajstić information content (AvgIpc) is 2.86. The Labute approximate surface area is 128 Å². The maximum Gasteiger partial charge on any atom is 0.249 e. The van der Waals surface area contributed by atoms with Gasteiger partial charge in [0.1, 0.15) is 11.9 Å². The van der Waals surface area contributed by atoms with Crippen molar-refractivity contribution >= 4 is 29.9 Å². The standard InChI is InChI=1S/C13H16ClFN2O2.ClH/c14-10-2-1-3-11(15)9(10)7-17-13(18)12-5-4-8(6-16)19-12;/h1-3,8,12H,4-7,16H2,(H,17,18);1H/t8-,12+;/m1./s1. The minimum atomic E-state index is -0.501. The summed E-state index contributed by atoms with van der Waals surface area (Å²) in [6.07, 6.45) is 0.847. The lowest BCUT2D eigenvalue weighted by molar-refractivity contribution is -0.132. The first-order valence-corrected chi connectivity index (χ1v) is 6.55. The molecule has 0 saturated carbocycles. The van der Waals surface area contributed by atoms with Crippen LogP contribution in [-0.2, 0) is 16.1 Å². The molecule has 1 amide bonds. The van der Waals surface area contributed by atoms with Crippen molar-refractivity contribution in [3.8, 4) is 0 Å². The molecule has 112 valence electrons. The molecule has 0 unspecified atom stereocenters. The molecule has 1 aliphatic heterocycles. The second-order valence-corrected chi connectivity index (χ2v) is 4.89. The predicted octanol–water partition coefficient (Wildman–Crippen LogP) is 2.02. The van der Waals surface area contributed by atoms with Crippen molar-refractivity contribution in [1.82, 2.24) is 5.32 Å². The number of amides is 1. The van der Waals surface area contributed by atoms with Gasteiger partial charge in [-0.3, -0.25) is 4.79 Å². The summed E-state index contributed by atoms with van der Waals surface area (Å²) in [4.78, 5) is 11.9. The number of carbonyl (C=O) groups excluding carboxylic acids is 1. The highest BCUT2D eigenvalue weighted by atomic mass is 35.5. The normalized spacial score (nSPS) is 21.4. The molecule has 1 aromatic carbocycles. The van der Waals surface area contributed by atoms with Gasteiger partial charge in [-0.1, -0.05) is 17.7 Å². The Bertz CT molecular complexity index is 453. The lowest BCUT2D eigenvalue weighted by Gasteiger charge is -2.13. The fourth-order valence-electron chi connectivity index (χ4n) is 2.06. The number of halogens is 3. The minimum absolute atomic E-state index is 0. The predicted molar refractivity (Wildman–Crippen MR) is 77.5 cm³/mol. The average molecular weight is 323 g/mol. The number of rotatable bonds is 4. The van der Waals surface area contributed by atoms with Crippen LogP contribution in [0.15, 0.2) is 18.2 Å². The summed E-state index contributed by atoms with van der Waals surface area (Å²) in [5.41, 5.74) is 5.76. The molecule has 1 aliphatic rings. The van der Waals surface area contributed by atoms with E-state index >= 15 is 0 Å². The fourth-order valence-corrected chi connectivity index (χ4v) is 2.29. The van der Waals surface area contributed by atoms with E-state index in [4.69, 9.17) is 22.1 Å². The fraction of sp³-hybridized carbons (Fsp3) is 0.462. The highest BCUT2D eigenvalue weighted by Crippen LogP contribution is 2.21. The van der Waals surface area contributed by atoms with Gasteiger partial charge in [-0.25, -0.2) is 4.39 Å². The van der Waals surface area contributed by atoms with Crippen LogP contribution in [0, 0.1) is 5.82 Å². The van der Waals surface area contributed by atoms with Gasteiger partial charge in [0.05, 0.1) is 6.10 Å². The maximum absolute atomic E-state index is 13.5. The number of benzene rings is 1.